The lowest BCUT2D eigenvalue weighted by Crippen LogP contribution is -2.38. The van der Waals surface area contributed by atoms with Gasteiger partial charge in [-0.25, -0.2) is 8.78 Å². The molecule has 9 heteroatoms. The molecule has 2 saturated heterocycles. The fourth-order valence-electron chi connectivity index (χ4n) is 5.83. The minimum absolute atomic E-state index is 0.116. The highest BCUT2D eigenvalue weighted by molar-refractivity contribution is 7.17. The molecule has 3 fully saturated rings. The molecule has 6 nitrogen and oxygen atoms in total. The van der Waals surface area contributed by atoms with E-state index in [-0.39, 0.29) is 17.5 Å². The SMILES string of the molecule is O=C(C1CCOCC1)N1CC2C[C@@H](Nc3nnc(-c4cc(F)ccc4F)c4sccc34)C[C@@H]2C1. The van der Waals surface area contributed by atoms with Crippen molar-refractivity contribution in [3.8, 4) is 11.3 Å². The summed E-state index contributed by atoms with van der Waals surface area (Å²) in [6.07, 6.45) is 3.63. The number of amides is 1. The molecule has 1 N–H and O–H groups in total. The summed E-state index contributed by atoms with van der Waals surface area (Å²) < 4.78 is 34.3. The van der Waals surface area contributed by atoms with Crippen LogP contribution in [0.2, 0.25) is 0 Å². The van der Waals surface area contributed by atoms with Gasteiger partial charge in [-0.05, 0) is 67.2 Å². The maximum Gasteiger partial charge on any atom is 0.225 e. The van der Waals surface area contributed by atoms with Gasteiger partial charge in [0.25, 0.3) is 0 Å². The number of nitrogens with one attached hydrogen (secondary N) is 1. The normalized spacial score (nSPS) is 25.1. The Morgan fingerprint density at radius 3 is 2.62 bits per heavy atom. The smallest absolute Gasteiger partial charge is 0.225 e. The maximum absolute atomic E-state index is 14.4. The Balaban J connectivity index is 1.15. The molecule has 1 aliphatic carbocycles. The van der Waals surface area contributed by atoms with Gasteiger partial charge in [-0.1, -0.05) is 0 Å². The highest BCUT2D eigenvalue weighted by atomic mass is 32.1. The van der Waals surface area contributed by atoms with Crippen LogP contribution in [0, 0.1) is 29.4 Å². The summed E-state index contributed by atoms with van der Waals surface area (Å²) in [5.74, 6) is 1.05. The second-order valence-electron chi connectivity index (χ2n) is 9.65. The summed E-state index contributed by atoms with van der Waals surface area (Å²) in [5, 5.41) is 15.0. The largest absolute Gasteiger partial charge is 0.381 e. The van der Waals surface area contributed by atoms with Crippen molar-refractivity contribution in [2.75, 3.05) is 31.6 Å². The lowest BCUT2D eigenvalue weighted by molar-refractivity contribution is -0.137. The van der Waals surface area contributed by atoms with Gasteiger partial charge in [-0.15, -0.1) is 21.5 Å². The number of carbonyl (C=O) groups excluding carboxylic acids is 1. The van der Waals surface area contributed by atoms with Crippen LogP contribution >= 0.6 is 11.3 Å². The van der Waals surface area contributed by atoms with Gasteiger partial charge in [0.2, 0.25) is 5.91 Å². The molecule has 4 heterocycles. The topological polar surface area (TPSA) is 67.3 Å². The highest BCUT2D eigenvalue weighted by Gasteiger charge is 2.43. The zero-order chi connectivity index (χ0) is 23.2. The molecule has 2 aromatic heterocycles. The quantitative estimate of drug-likeness (QED) is 0.581. The van der Waals surface area contributed by atoms with E-state index in [1.165, 1.54) is 11.3 Å². The lowest BCUT2D eigenvalue weighted by Gasteiger charge is -2.27. The molecule has 0 spiro atoms. The van der Waals surface area contributed by atoms with Gasteiger partial charge in [0, 0.05) is 49.2 Å². The van der Waals surface area contributed by atoms with Crippen molar-refractivity contribution in [2.45, 2.75) is 31.7 Å². The average Bonchev–Trinajstić information content (AvgIpc) is 3.56. The van der Waals surface area contributed by atoms with E-state index < -0.39 is 11.6 Å². The van der Waals surface area contributed by atoms with E-state index in [9.17, 15) is 13.6 Å². The van der Waals surface area contributed by atoms with Gasteiger partial charge in [-0.3, -0.25) is 4.79 Å². The van der Waals surface area contributed by atoms with Crippen molar-refractivity contribution in [3.05, 3.63) is 41.3 Å². The van der Waals surface area contributed by atoms with Crippen LogP contribution in [0.3, 0.4) is 0 Å². The molecule has 6 rings (SSSR count). The Morgan fingerprint density at radius 2 is 1.85 bits per heavy atom. The van der Waals surface area contributed by atoms with E-state index in [1.807, 2.05) is 11.4 Å². The second kappa shape index (κ2) is 8.85. The summed E-state index contributed by atoms with van der Waals surface area (Å²) in [6, 6.07) is 5.58. The number of aromatic nitrogens is 2. The fourth-order valence-corrected chi connectivity index (χ4v) is 6.73. The molecule has 1 amide bonds. The Bertz CT molecular complexity index is 1210. The minimum Gasteiger partial charge on any atom is -0.381 e. The lowest BCUT2D eigenvalue weighted by atomic mass is 9.98. The number of rotatable bonds is 4. The number of benzene rings is 1. The standard InChI is InChI=1S/C25H26F2N4O2S/c26-17-1-2-21(27)20(11-17)22-23-19(5-8-34-23)24(30-29-22)28-18-9-15-12-31(13-16(15)10-18)25(32)14-3-6-33-7-4-14/h1-2,5,8,11,14-16,18H,3-4,6-7,9-10,12-13H2,(H,28,30)/t15-,16?,18+/m1/s1. The Labute approximate surface area is 200 Å². The van der Waals surface area contributed by atoms with Crippen LogP contribution in [-0.2, 0) is 9.53 Å². The van der Waals surface area contributed by atoms with Crippen molar-refractivity contribution in [3.63, 3.8) is 0 Å². The molecule has 0 bridgehead atoms. The summed E-state index contributed by atoms with van der Waals surface area (Å²) in [7, 11) is 0. The molecule has 1 unspecified atom stereocenters. The molecule has 1 aromatic carbocycles. The predicted octanol–water partition coefficient (Wildman–Crippen LogP) is 4.71. The van der Waals surface area contributed by atoms with E-state index in [4.69, 9.17) is 4.74 Å². The van der Waals surface area contributed by atoms with Crippen molar-refractivity contribution in [2.24, 2.45) is 17.8 Å². The van der Waals surface area contributed by atoms with Crippen molar-refractivity contribution in [1.29, 1.82) is 0 Å². The molecule has 34 heavy (non-hydrogen) atoms. The van der Waals surface area contributed by atoms with Crippen molar-refractivity contribution >= 4 is 33.1 Å². The van der Waals surface area contributed by atoms with E-state index >= 15 is 0 Å². The highest BCUT2D eigenvalue weighted by Crippen LogP contribution is 2.41. The van der Waals surface area contributed by atoms with Gasteiger partial charge in [0.15, 0.2) is 5.82 Å². The summed E-state index contributed by atoms with van der Waals surface area (Å²) in [5.41, 5.74) is 0.481. The number of hydrogen-bond acceptors (Lipinski definition) is 6. The first-order chi connectivity index (χ1) is 16.6. The second-order valence-corrected chi connectivity index (χ2v) is 10.6. The number of likely N-dealkylation sites (tertiary alicyclic amines) is 1. The number of hydrogen-bond donors (Lipinski definition) is 1. The molecule has 3 atom stereocenters. The van der Waals surface area contributed by atoms with Crippen molar-refractivity contribution in [1.82, 2.24) is 15.1 Å². The monoisotopic (exact) mass is 484 g/mol. The van der Waals surface area contributed by atoms with Crippen LogP contribution in [0.25, 0.3) is 21.3 Å². The van der Waals surface area contributed by atoms with Gasteiger partial charge >= 0.3 is 0 Å². The molecule has 178 valence electrons. The van der Waals surface area contributed by atoms with Crippen LogP contribution in [0.4, 0.5) is 14.6 Å². The number of ether oxygens (including phenoxy) is 1. The number of anilines is 1. The number of carbonyl (C=O) groups is 1. The van der Waals surface area contributed by atoms with E-state index in [0.717, 1.165) is 67.1 Å². The Kier molecular flexibility index (Phi) is 5.69. The third-order valence-corrected chi connectivity index (χ3v) is 8.46. The van der Waals surface area contributed by atoms with Crippen LogP contribution in [0.15, 0.2) is 29.6 Å². The van der Waals surface area contributed by atoms with E-state index in [0.29, 0.717) is 42.5 Å². The maximum atomic E-state index is 14.4. The van der Waals surface area contributed by atoms with Gasteiger partial charge < -0.3 is 15.0 Å². The molecule has 3 aromatic rings. The number of fused-ring (bicyclic) bond motifs is 2. The average molecular weight is 485 g/mol. The zero-order valence-corrected chi connectivity index (χ0v) is 19.5. The molecule has 1 saturated carbocycles. The summed E-state index contributed by atoms with van der Waals surface area (Å²) >= 11 is 1.44. The summed E-state index contributed by atoms with van der Waals surface area (Å²) in [6.45, 7) is 3.03. The van der Waals surface area contributed by atoms with Crippen LogP contribution in [-0.4, -0.2) is 53.3 Å². The van der Waals surface area contributed by atoms with Gasteiger partial charge in [-0.2, -0.15) is 0 Å². The van der Waals surface area contributed by atoms with Gasteiger partial charge in [0.1, 0.15) is 17.3 Å². The molecule has 2 aliphatic heterocycles. The molecule has 3 aliphatic rings. The van der Waals surface area contributed by atoms with Crippen LogP contribution in [0.1, 0.15) is 25.7 Å². The van der Waals surface area contributed by atoms with E-state index in [1.54, 1.807) is 0 Å². The molecular formula is C25H26F2N4O2S. The molecular weight excluding hydrogens is 458 g/mol. The van der Waals surface area contributed by atoms with Crippen molar-refractivity contribution < 1.29 is 18.3 Å². The molecule has 0 radical (unpaired) electrons. The van der Waals surface area contributed by atoms with Crippen LogP contribution < -0.4 is 5.32 Å². The Hall–Kier alpha value is -2.65. The third kappa shape index (κ3) is 3.94. The first kappa shape index (κ1) is 21.9. The predicted molar refractivity (Wildman–Crippen MR) is 127 cm³/mol. The summed E-state index contributed by atoms with van der Waals surface area (Å²) in [4.78, 5) is 15.0. The third-order valence-electron chi connectivity index (χ3n) is 7.54. The first-order valence-corrected chi connectivity index (χ1v) is 12.8. The fraction of sp³-hybridized carbons (Fsp3) is 0.480. The first-order valence-electron chi connectivity index (χ1n) is 11.9. The zero-order valence-electron chi connectivity index (χ0n) is 18.7. The van der Waals surface area contributed by atoms with Crippen LogP contribution in [0.5, 0.6) is 0 Å². The minimum atomic E-state index is -0.519. The Morgan fingerprint density at radius 1 is 1.09 bits per heavy atom. The number of thiophene rings is 1. The van der Waals surface area contributed by atoms with E-state index in [2.05, 4.69) is 20.4 Å². The van der Waals surface area contributed by atoms with Gasteiger partial charge in [0.05, 0.1) is 4.70 Å². The number of nitrogens with zero attached hydrogens (tertiary/aromatic N) is 3. The number of halogens is 2.